The summed E-state index contributed by atoms with van der Waals surface area (Å²) < 4.78 is 1.81. The highest BCUT2D eigenvalue weighted by Crippen LogP contribution is 2.28. The standard InChI is InChI=1S/C28H30ClN5O/c1-32(18-22-9-13-30-14-10-22)26(17-21-5-3-2-4-6-21)23-11-15-33(16-12-23)28(35)25-20-34-19-24(29)7-8-27(34)31-25/h2-10,13-14,19-20,23,26H,11-12,15-18H2,1H3. The van der Waals surface area contributed by atoms with E-state index in [0.29, 0.717) is 22.7 Å². The van der Waals surface area contributed by atoms with Crippen LogP contribution in [-0.2, 0) is 13.0 Å². The Bertz CT molecular complexity index is 1270. The van der Waals surface area contributed by atoms with Gasteiger partial charge in [0.25, 0.3) is 5.91 Å². The number of hydrogen-bond donors (Lipinski definition) is 0. The van der Waals surface area contributed by atoms with Crippen LogP contribution in [0.1, 0.15) is 34.5 Å². The lowest BCUT2D eigenvalue weighted by Crippen LogP contribution is -2.46. The molecule has 0 radical (unpaired) electrons. The van der Waals surface area contributed by atoms with E-state index in [1.165, 1.54) is 11.1 Å². The lowest BCUT2D eigenvalue weighted by molar-refractivity contribution is 0.0598. The molecular formula is C28H30ClN5O. The van der Waals surface area contributed by atoms with Crippen LogP contribution in [0.25, 0.3) is 5.65 Å². The number of nitrogens with zero attached hydrogens (tertiary/aromatic N) is 5. The first-order valence-corrected chi connectivity index (χ1v) is 12.5. The Kier molecular flexibility index (Phi) is 7.11. The molecule has 0 aliphatic carbocycles. The van der Waals surface area contributed by atoms with E-state index in [1.807, 2.05) is 27.8 Å². The molecule has 4 aromatic rings. The lowest BCUT2D eigenvalue weighted by atomic mass is 9.84. The minimum atomic E-state index is -0.00646. The summed E-state index contributed by atoms with van der Waals surface area (Å²) in [5, 5.41) is 0.620. The van der Waals surface area contributed by atoms with Crippen molar-refractivity contribution in [3.8, 4) is 0 Å². The van der Waals surface area contributed by atoms with Crippen molar-refractivity contribution in [1.82, 2.24) is 24.2 Å². The van der Waals surface area contributed by atoms with E-state index < -0.39 is 0 Å². The second kappa shape index (κ2) is 10.6. The number of halogens is 1. The Morgan fingerprint density at radius 2 is 1.77 bits per heavy atom. The van der Waals surface area contributed by atoms with Gasteiger partial charge in [0.05, 0.1) is 5.02 Å². The lowest BCUT2D eigenvalue weighted by Gasteiger charge is -2.40. The van der Waals surface area contributed by atoms with Gasteiger partial charge in [-0.05, 0) is 67.6 Å². The molecule has 7 heteroatoms. The minimum Gasteiger partial charge on any atom is -0.337 e. The second-order valence-corrected chi connectivity index (χ2v) is 9.83. The van der Waals surface area contributed by atoms with Crippen molar-refractivity contribution >= 4 is 23.2 Å². The van der Waals surface area contributed by atoms with E-state index in [1.54, 1.807) is 18.5 Å². The maximum absolute atomic E-state index is 13.2. The highest BCUT2D eigenvalue weighted by atomic mass is 35.5. The van der Waals surface area contributed by atoms with Crippen molar-refractivity contribution in [3.05, 3.63) is 101 Å². The third-order valence-electron chi connectivity index (χ3n) is 7.04. The van der Waals surface area contributed by atoms with Gasteiger partial charge in [0.1, 0.15) is 11.3 Å². The predicted molar refractivity (Wildman–Crippen MR) is 138 cm³/mol. The number of likely N-dealkylation sites (N-methyl/N-ethyl adjacent to an activating group) is 1. The Balaban J connectivity index is 1.28. The zero-order valence-corrected chi connectivity index (χ0v) is 20.7. The van der Waals surface area contributed by atoms with E-state index in [-0.39, 0.29) is 5.91 Å². The molecule has 0 bridgehead atoms. The third kappa shape index (κ3) is 5.55. The molecule has 1 fully saturated rings. The van der Waals surface area contributed by atoms with Crippen LogP contribution in [0.5, 0.6) is 0 Å². The Morgan fingerprint density at radius 1 is 1.03 bits per heavy atom. The van der Waals surface area contributed by atoms with Crippen LogP contribution in [0, 0.1) is 5.92 Å². The molecule has 180 valence electrons. The summed E-state index contributed by atoms with van der Waals surface area (Å²) in [5.74, 6) is 0.499. The highest BCUT2D eigenvalue weighted by molar-refractivity contribution is 6.30. The van der Waals surface area contributed by atoms with E-state index in [0.717, 1.165) is 44.5 Å². The van der Waals surface area contributed by atoms with Crippen LogP contribution in [0.3, 0.4) is 0 Å². The van der Waals surface area contributed by atoms with Crippen LogP contribution in [0.15, 0.2) is 79.4 Å². The fourth-order valence-electron chi connectivity index (χ4n) is 5.15. The monoisotopic (exact) mass is 487 g/mol. The van der Waals surface area contributed by atoms with E-state index in [2.05, 4.69) is 64.4 Å². The number of piperidine rings is 1. The van der Waals surface area contributed by atoms with Gasteiger partial charge in [-0.1, -0.05) is 41.9 Å². The maximum atomic E-state index is 13.2. The third-order valence-corrected chi connectivity index (χ3v) is 7.26. The summed E-state index contributed by atoms with van der Waals surface area (Å²) in [7, 11) is 2.22. The molecule has 0 N–H and O–H groups in total. The molecule has 1 aliphatic rings. The Hall–Kier alpha value is -3.22. The van der Waals surface area contributed by atoms with Gasteiger partial charge in [-0.25, -0.2) is 4.98 Å². The quantitative estimate of drug-likeness (QED) is 0.369. The smallest absolute Gasteiger partial charge is 0.274 e. The zero-order valence-electron chi connectivity index (χ0n) is 19.9. The number of rotatable bonds is 7. The van der Waals surface area contributed by atoms with Gasteiger partial charge >= 0.3 is 0 Å². The number of amides is 1. The Morgan fingerprint density at radius 3 is 2.51 bits per heavy atom. The number of pyridine rings is 2. The molecule has 6 nitrogen and oxygen atoms in total. The maximum Gasteiger partial charge on any atom is 0.274 e. The fourth-order valence-corrected chi connectivity index (χ4v) is 5.32. The number of carbonyl (C=O) groups excluding carboxylic acids is 1. The normalized spacial score (nSPS) is 15.6. The van der Waals surface area contributed by atoms with Gasteiger partial charge in [-0.15, -0.1) is 0 Å². The average Bonchev–Trinajstić information content (AvgIpc) is 3.31. The van der Waals surface area contributed by atoms with Crippen LogP contribution in [-0.4, -0.2) is 56.3 Å². The van der Waals surface area contributed by atoms with Gasteiger partial charge in [-0.2, -0.15) is 0 Å². The topological polar surface area (TPSA) is 53.7 Å². The number of aromatic nitrogens is 3. The van der Waals surface area contributed by atoms with Gasteiger partial charge in [0.15, 0.2) is 0 Å². The van der Waals surface area contributed by atoms with Gasteiger partial charge in [-0.3, -0.25) is 14.7 Å². The molecule has 1 aromatic carbocycles. The summed E-state index contributed by atoms with van der Waals surface area (Å²) in [6.07, 6.45) is 10.2. The van der Waals surface area contributed by atoms with Crippen LogP contribution in [0.2, 0.25) is 5.02 Å². The fraction of sp³-hybridized carbons (Fsp3) is 0.321. The summed E-state index contributed by atoms with van der Waals surface area (Å²) >= 11 is 6.09. The minimum absolute atomic E-state index is 0.00646. The van der Waals surface area contributed by atoms with Crippen molar-refractivity contribution in [2.45, 2.75) is 31.8 Å². The summed E-state index contributed by atoms with van der Waals surface area (Å²) in [6, 6.07) is 18.9. The van der Waals surface area contributed by atoms with Crippen molar-refractivity contribution in [3.63, 3.8) is 0 Å². The highest BCUT2D eigenvalue weighted by Gasteiger charge is 2.32. The molecule has 1 atom stereocenters. The van der Waals surface area contributed by atoms with Gasteiger partial charge in [0, 0.05) is 50.5 Å². The Labute approximate surface area is 211 Å². The molecule has 3 aromatic heterocycles. The number of benzene rings is 1. The predicted octanol–water partition coefficient (Wildman–Crippen LogP) is 4.98. The van der Waals surface area contributed by atoms with Crippen LogP contribution in [0.4, 0.5) is 0 Å². The number of carbonyl (C=O) groups is 1. The van der Waals surface area contributed by atoms with Gasteiger partial charge in [0.2, 0.25) is 0 Å². The number of likely N-dealkylation sites (tertiary alicyclic amines) is 1. The zero-order chi connectivity index (χ0) is 24.2. The molecule has 1 amide bonds. The van der Waals surface area contributed by atoms with Crippen LogP contribution >= 0.6 is 11.6 Å². The van der Waals surface area contributed by atoms with E-state index in [9.17, 15) is 4.79 Å². The molecule has 4 heterocycles. The first-order chi connectivity index (χ1) is 17.1. The van der Waals surface area contributed by atoms with Crippen molar-refractivity contribution in [2.24, 2.45) is 5.92 Å². The molecular weight excluding hydrogens is 458 g/mol. The largest absolute Gasteiger partial charge is 0.337 e. The molecule has 0 spiro atoms. The van der Waals surface area contributed by atoms with Gasteiger partial charge < -0.3 is 9.30 Å². The molecule has 1 unspecified atom stereocenters. The van der Waals surface area contributed by atoms with Crippen molar-refractivity contribution < 1.29 is 4.79 Å². The van der Waals surface area contributed by atoms with Crippen LogP contribution < -0.4 is 0 Å². The number of hydrogen-bond acceptors (Lipinski definition) is 4. The molecule has 35 heavy (non-hydrogen) atoms. The summed E-state index contributed by atoms with van der Waals surface area (Å²) in [6.45, 7) is 2.36. The second-order valence-electron chi connectivity index (χ2n) is 9.40. The average molecular weight is 488 g/mol. The molecule has 0 saturated carbocycles. The molecule has 1 aliphatic heterocycles. The summed E-state index contributed by atoms with van der Waals surface area (Å²) in [4.78, 5) is 26.3. The van der Waals surface area contributed by atoms with E-state index >= 15 is 0 Å². The van der Waals surface area contributed by atoms with E-state index in [4.69, 9.17) is 11.6 Å². The SMILES string of the molecule is CN(Cc1ccncc1)C(Cc1ccccc1)C1CCN(C(=O)c2cn3cc(Cl)ccc3n2)CC1. The molecule has 1 saturated heterocycles. The van der Waals surface area contributed by atoms with Crippen molar-refractivity contribution in [1.29, 1.82) is 0 Å². The number of fused-ring (bicyclic) bond motifs is 1. The summed E-state index contributed by atoms with van der Waals surface area (Å²) in [5.41, 5.74) is 3.82. The molecule has 5 rings (SSSR count). The first kappa shape index (κ1) is 23.5. The number of imidazole rings is 1. The van der Waals surface area contributed by atoms with Crippen molar-refractivity contribution in [2.75, 3.05) is 20.1 Å². The first-order valence-electron chi connectivity index (χ1n) is 12.1.